The van der Waals surface area contributed by atoms with Crippen LogP contribution in [0.15, 0.2) is 65.7 Å². The number of anilines is 1. The van der Waals surface area contributed by atoms with E-state index in [-0.39, 0.29) is 5.69 Å². The third kappa shape index (κ3) is 8.65. The van der Waals surface area contributed by atoms with Crippen molar-refractivity contribution in [3.63, 3.8) is 0 Å². The van der Waals surface area contributed by atoms with Crippen LogP contribution in [0, 0.1) is 0 Å². The number of benzene rings is 2. The number of hydrogen-bond acceptors (Lipinski definition) is 7. The van der Waals surface area contributed by atoms with E-state index >= 15 is 0 Å². The molecule has 0 spiro atoms. The fraction of sp³-hybridized carbons (Fsp3) is 0.375. The van der Waals surface area contributed by atoms with Crippen molar-refractivity contribution in [3.8, 4) is 11.4 Å². The van der Waals surface area contributed by atoms with Gasteiger partial charge in [-0.25, -0.2) is 18.8 Å². The lowest BCUT2D eigenvalue weighted by Gasteiger charge is -2.28. The molecule has 37 heavy (non-hydrogen) atoms. The Morgan fingerprint density at radius 2 is 1.65 bits per heavy atom. The normalized spacial score (nSPS) is 13.5. The predicted octanol–water partition coefficient (Wildman–Crippen LogP) is 2.17. The number of alkyl halides is 3. The van der Waals surface area contributed by atoms with E-state index in [4.69, 9.17) is 19.4 Å². The van der Waals surface area contributed by atoms with Gasteiger partial charge in [0.2, 0.25) is 0 Å². The van der Waals surface area contributed by atoms with Crippen LogP contribution in [0.2, 0.25) is 0 Å². The lowest BCUT2D eigenvalue weighted by molar-refractivity contribution is -0.192. The number of halogens is 3. The number of aromatic nitrogens is 3. The minimum absolute atomic E-state index is 0.142. The van der Waals surface area contributed by atoms with Crippen LogP contribution >= 0.6 is 0 Å². The number of nitrogens with one attached hydrogen (secondary N) is 1. The van der Waals surface area contributed by atoms with Gasteiger partial charge in [0.15, 0.2) is 0 Å². The summed E-state index contributed by atoms with van der Waals surface area (Å²) in [5.74, 6) is -1.90. The lowest BCUT2D eigenvalue weighted by Crippen LogP contribution is -2.36. The average Bonchev–Trinajstić information content (AvgIpc) is 3.27. The summed E-state index contributed by atoms with van der Waals surface area (Å²) in [6, 6.07) is 17.7. The van der Waals surface area contributed by atoms with E-state index in [1.807, 2.05) is 54.6 Å². The van der Waals surface area contributed by atoms with Crippen LogP contribution in [0.25, 0.3) is 5.69 Å². The average molecular weight is 524 g/mol. The van der Waals surface area contributed by atoms with Gasteiger partial charge in [0.1, 0.15) is 18.7 Å². The van der Waals surface area contributed by atoms with Gasteiger partial charge in [-0.1, -0.05) is 18.2 Å². The van der Waals surface area contributed by atoms with E-state index in [1.165, 1.54) is 4.68 Å². The number of morpholine rings is 1. The summed E-state index contributed by atoms with van der Waals surface area (Å²) in [6.45, 7) is 5.70. The fourth-order valence-electron chi connectivity index (χ4n) is 3.38. The molecule has 0 amide bonds. The van der Waals surface area contributed by atoms with Crippen LogP contribution < -0.4 is 20.6 Å². The van der Waals surface area contributed by atoms with E-state index in [9.17, 15) is 18.0 Å². The molecule has 1 aliphatic rings. The summed E-state index contributed by atoms with van der Waals surface area (Å²) in [5, 5.41) is 14.6. The van der Waals surface area contributed by atoms with Crippen LogP contribution in [0.1, 0.15) is 0 Å². The Bertz CT molecular complexity index is 1160. The van der Waals surface area contributed by atoms with Crippen molar-refractivity contribution in [2.24, 2.45) is 0 Å². The fourth-order valence-corrected chi connectivity index (χ4v) is 3.38. The van der Waals surface area contributed by atoms with Crippen molar-refractivity contribution >= 4 is 11.7 Å². The number of nitrogens with zero attached hydrogens (tertiary/aromatic N) is 4. The van der Waals surface area contributed by atoms with Gasteiger partial charge in [-0.2, -0.15) is 18.3 Å². The monoisotopic (exact) mass is 523 g/mol. The van der Waals surface area contributed by atoms with Crippen molar-refractivity contribution in [2.75, 3.05) is 50.9 Å². The molecule has 2 aromatic carbocycles. The second-order valence-corrected chi connectivity index (χ2v) is 7.84. The molecule has 1 aromatic heterocycles. The molecule has 1 saturated heterocycles. The minimum Gasteiger partial charge on any atom is -0.492 e. The number of para-hydroxylation sites is 1. The number of carboxylic acids is 1. The van der Waals surface area contributed by atoms with Gasteiger partial charge in [0.25, 0.3) is 0 Å². The standard InChI is InChI=1S/C22H27N5O3.C2HF3O2/c28-22-26(20-8-6-19(7-9-20)25-13-16-29-17-14-25)18-24-27(22)12-10-23-11-15-30-21-4-2-1-3-5-21;3-2(4,5)1(6)7/h1-9,18,23H,10-17H2;(H,6,7). The molecule has 13 heteroatoms. The van der Waals surface area contributed by atoms with Crippen LogP contribution in [0.4, 0.5) is 18.9 Å². The first-order valence-electron chi connectivity index (χ1n) is 11.5. The van der Waals surface area contributed by atoms with Gasteiger partial charge in [-0.15, -0.1) is 0 Å². The molecule has 2 N–H and O–H groups in total. The van der Waals surface area contributed by atoms with E-state index in [2.05, 4.69) is 15.3 Å². The number of rotatable bonds is 9. The molecule has 0 unspecified atom stereocenters. The van der Waals surface area contributed by atoms with Crippen molar-refractivity contribution in [1.29, 1.82) is 0 Å². The molecule has 10 nitrogen and oxygen atoms in total. The van der Waals surface area contributed by atoms with Crippen molar-refractivity contribution in [1.82, 2.24) is 19.7 Å². The molecule has 0 bridgehead atoms. The lowest BCUT2D eigenvalue weighted by atomic mass is 10.2. The van der Waals surface area contributed by atoms with E-state index in [1.54, 1.807) is 10.9 Å². The first kappa shape index (κ1) is 27.7. The summed E-state index contributed by atoms with van der Waals surface area (Å²) in [7, 11) is 0. The van der Waals surface area contributed by atoms with Crippen LogP contribution in [0.5, 0.6) is 5.75 Å². The zero-order chi connectivity index (χ0) is 26.7. The SMILES string of the molecule is O=C(O)C(F)(F)F.O=c1n(-c2ccc(N3CCOCC3)cc2)cnn1CCNCCOc1ccccc1. The third-order valence-corrected chi connectivity index (χ3v) is 5.27. The van der Waals surface area contributed by atoms with Gasteiger partial charge in [-0.05, 0) is 36.4 Å². The Morgan fingerprint density at radius 1 is 1.03 bits per heavy atom. The summed E-state index contributed by atoms with van der Waals surface area (Å²) in [6.07, 6.45) is -3.51. The number of carbonyl (C=O) groups is 1. The Morgan fingerprint density at radius 3 is 2.27 bits per heavy atom. The molecule has 4 rings (SSSR count). The van der Waals surface area contributed by atoms with Crippen LogP contribution in [-0.2, 0) is 16.1 Å². The highest BCUT2D eigenvalue weighted by molar-refractivity contribution is 5.73. The topological polar surface area (TPSA) is 111 Å². The minimum atomic E-state index is -5.08. The Labute approximate surface area is 210 Å². The van der Waals surface area contributed by atoms with Gasteiger partial charge in [-0.3, -0.25) is 0 Å². The van der Waals surface area contributed by atoms with Gasteiger partial charge < -0.3 is 24.8 Å². The molecule has 1 aliphatic heterocycles. The Balaban J connectivity index is 0.000000479. The summed E-state index contributed by atoms with van der Waals surface area (Å²) >= 11 is 0. The van der Waals surface area contributed by atoms with Gasteiger partial charge >= 0.3 is 17.8 Å². The number of aliphatic carboxylic acids is 1. The highest BCUT2D eigenvalue weighted by Crippen LogP contribution is 2.18. The number of hydrogen-bond donors (Lipinski definition) is 2. The highest BCUT2D eigenvalue weighted by atomic mass is 19.4. The van der Waals surface area contributed by atoms with E-state index in [0.717, 1.165) is 43.4 Å². The molecule has 3 aromatic rings. The molecular weight excluding hydrogens is 495 g/mol. The van der Waals surface area contributed by atoms with Crippen LogP contribution in [-0.4, -0.2) is 77.6 Å². The Kier molecular flexibility index (Phi) is 10.1. The first-order valence-corrected chi connectivity index (χ1v) is 11.5. The number of ether oxygens (including phenoxy) is 2. The second-order valence-electron chi connectivity index (χ2n) is 7.84. The van der Waals surface area contributed by atoms with Crippen molar-refractivity contribution in [2.45, 2.75) is 12.7 Å². The summed E-state index contributed by atoms with van der Waals surface area (Å²) in [5.41, 5.74) is 1.81. The molecule has 1 fully saturated rings. The van der Waals surface area contributed by atoms with Gasteiger partial charge in [0.05, 0.1) is 25.4 Å². The largest absolute Gasteiger partial charge is 0.492 e. The molecular formula is C24H28F3N5O5. The molecule has 0 aliphatic carbocycles. The maximum Gasteiger partial charge on any atom is 0.490 e. The third-order valence-electron chi connectivity index (χ3n) is 5.27. The highest BCUT2D eigenvalue weighted by Gasteiger charge is 2.38. The number of carboxylic acid groups (broad SMARTS) is 1. The molecule has 0 saturated carbocycles. The molecule has 200 valence electrons. The maximum atomic E-state index is 12.6. The van der Waals surface area contributed by atoms with Crippen molar-refractivity contribution in [3.05, 3.63) is 71.4 Å². The second kappa shape index (κ2) is 13.5. The predicted molar refractivity (Wildman–Crippen MR) is 129 cm³/mol. The smallest absolute Gasteiger partial charge is 0.490 e. The maximum absolute atomic E-state index is 12.6. The summed E-state index contributed by atoms with van der Waals surface area (Å²) in [4.78, 5) is 23.8. The van der Waals surface area contributed by atoms with E-state index < -0.39 is 12.1 Å². The quantitative estimate of drug-likeness (QED) is 0.411. The summed E-state index contributed by atoms with van der Waals surface area (Å²) < 4.78 is 45.8. The van der Waals surface area contributed by atoms with Crippen molar-refractivity contribution < 1.29 is 32.5 Å². The Hall–Kier alpha value is -3.84. The molecule has 0 radical (unpaired) electrons. The zero-order valence-corrected chi connectivity index (χ0v) is 19.9. The van der Waals surface area contributed by atoms with Crippen LogP contribution in [0.3, 0.4) is 0 Å². The zero-order valence-electron chi connectivity index (χ0n) is 19.9. The molecule has 0 atom stereocenters. The first-order chi connectivity index (χ1) is 17.8. The van der Waals surface area contributed by atoms with E-state index in [0.29, 0.717) is 26.2 Å². The molecule has 2 heterocycles. The van der Waals surface area contributed by atoms with Gasteiger partial charge in [0, 0.05) is 31.9 Å².